The number of imidazole rings is 2. The van der Waals surface area contributed by atoms with Crippen molar-refractivity contribution in [2.45, 2.75) is 90.2 Å². The minimum Gasteiger partial charge on any atom is -0.484 e. The predicted octanol–water partition coefficient (Wildman–Crippen LogP) is 7.53. The van der Waals surface area contributed by atoms with Crippen molar-refractivity contribution in [3.63, 3.8) is 0 Å². The van der Waals surface area contributed by atoms with Crippen molar-refractivity contribution in [2.24, 2.45) is 11.8 Å². The van der Waals surface area contributed by atoms with Gasteiger partial charge in [0.25, 0.3) is 5.91 Å². The smallest absolute Gasteiger partial charge is 0.407 e. The number of likely N-dealkylation sites (N-methyl/N-ethyl adjacent to an activating group) is 1. The Labute approximate surface area is 425 Å². The summed E-state index contributed by atoms with van der Waals surface area (Å²) in [5.41, 5.74) is 5.93. The Balaban J connectivity index is 1.05. The first-order chi connectivity index (χ1) is 35.5. The van der Waals surface area contributed by atoms with Crippen LogP contribution in [0.25, 0.3) is 44.7 Å². The number of hydrogen-bond donors (Lipinski definition) is 5. The Bertz CT molecular complexity index is 3080. The van der Waals surface area contributed by atoms with E-state index in [1.807, 2.05) is 61.5 Å². The molecule has 3 aromatic carbocycles. The molecule has 0 spiro atoms. The van der Waals surface area contributed by atoms with Gasteiger partial charge in [-0.3, -0.25) is 14.4 Å². The number of carbonyl (C=O) groups excluding carboxylic acids is 5. The summed E-state index contributed by atoms with van der Waals surface area (Å²) in [7, 11) is 2.43. The van der Waals surface area contributed by atoms with Crippen LogP contribution < -0.4 is 25.4 Å². The maximum atomic E-state index is 15.2. The molecule has 5 amide bonds. The molecule has 390 valence electrons. The number of H-pyrrole nitrogens is 2. The number of amides is 5. The van der Waals surface area contributed by atoms with Crippen molar-refractivity contribution in [1.29, 1.82) is 0 Å². The van der Waals surface area contributed by atoms with Crippen LogP contribution in [-0.2, 0) is 23.9 Å². The van der Waals surface area contributed by atoms with E-state index in [4.69, 9.17) is 18.9 Å². The van der Waals surface area contributed by atoms with E-state index >= 15 is 8.78 Å². The van der Waals surface area contributed by atoms with Crippen LogP contribution in [0.5, 0.6) is 11.5 Å². The fourth-order valence-electron chi connectivity index (χ4n) is 10.0. The Morgan fingerprint density at radius 1 is 0.757 bits per heavy atom. The molecule has 3 aromatic heterocycles. The second-order valence-electron chi connectivity index (χ2n) is 19.4. The fraction of sp³-hybridized carbons (Fsp3) is 0.415. The van der Waals surface area contributed by atoms with Gasteiger partial charge >= 0.3 is 12.2 Å². The molecule has 9 rings (SSSR count). The number of rotatable bonds is 15. The number of likely N-dealkylation sites (tertiary alicyclic amines) is 2. The lowest BCUT2D eigenvalue weighted by Gasteiger charge is -2.31. The molecule has 3 aliphatic heterocycles. The molecule has 7 atom stereocenters. The van der Waals surface area contributed by atoms with Crippen LogP contribution in [0.15, 0.2) is 79.1 Å². The Hall–Kier alpha value is -7.97. The summed E-state index contributed by atoms with van der Waals surface area (Å²) < 4.78 is 54.8. The van der Waals surface area contributed by atoms with E-state index < -0.39 is 66.7 Å². The lowest BCUT2D eigenvalue weighted by molar-refractivity contribution is -0.136. The normalized spacial score (nSPS) is 19.9. The first kappa shape index (κ1) is 51.0. The molecule has 3 aliphatic rings. The second kappa shape index (κ2) is 21.2. The van der Waals surface area contributed by atoms with Crippen molar-refractivity contribution in [3.05, 3.63) is 96.3 Å². The summed E-state index contributed by atoms with van der Waals surface area (Å²) in [6, 6.07) is 17.8. The van der Waals surface area contributed by atoms with Gasteiger partial charge in [-0.2, -0.15) is 0 Å². The molecule has 74 heavy (non-hydrogen) atoms. The van der Waals surface area contributed by atoms with Gasteiger partial charge < -0.3 is 59.2 Å². The lowest BCUT2D eigenvalue weighted by Crippen LogP contribution is -2.51. The van der Waals surface area contributed by atoms with Gasteiger partial charge in [0.1, 0.15) is 47.6 Å². The number of aromatic nitrogens is 5. The molecule has 2 fully saturated rings. The molecule has 6 aromatic rings. The number of carbonyl (C=O) groups is 5. The first-order valence-electron chi connectivity index (χ1n) is 24.7. The molecule has 1 unspecified atom stereocenters. The van der Waals surface area contributed by atoms with Crippen LogP contribution >= 0.6 is 0 Å². The number of hydrogen-bond acceptors (Lipinski definition) is 11. The zero-order chi connectivity index (χ0) is 52.5. The van der Waals surface area contributed by atoms with E-state index in [0.29, 0.717) is 46.6 Å². The average Bonchev–Trinajstić information content (AvgIpc) is 4.26. The topological polar surface area (TPSA) is 227 Å². The third kappa shape index (κ3) is 10.2. The van der Waals surface area contributed by atoms with Gasteiger partial charge in [0.2, 0.25) is 18.0 Å². The minimum atomic E-state index is -1.30. The number of nitrogens with zero attached hydrogens (tertiary/aromatic N) is 5. The van der Waals surface area contributed by atoms with E-state index in [1.54, 1.807) is 46.2 Å². The number of alkyl halides is 2. The maximum absolute atomic E-state index is 15.2. The molecular formula is C53H60F2N10O9. The molecule has 0 aliphatic carbocycles. The number of halogens is 2. The van der Waals surface area contributed by atoms with Gasteiger partial charge in [-0.1, -0.05) is 52.0 Å². The molecule has 2 saturated heterocycles. The fourth-order valence-corrected chi connectivity index (χ4v) is 10.0. The molecule has 0 radical (unpaired) electrons. The third-order valence-electron chi connectivity index (χ3n) is 13.8. The van der Waals surface area contributed by atoms with E-state index in [-0.39, 0.29) is 50.3 Å². The highest BCUT2D eigenvalue weighted by Crippen LogP contribution is 2.47. The number of nitrogens with one attached hydrogen (secondary N) is 5. The highest BCUT2D eigenvalue weighted by Gasteiger charge is 2.43. The van der Waals surface area contributed by atoms with Crippen molar-refractivity contribution < 1.29 is 51.7 Å². The Kier molecular flexibility index (Phi) is 14.6. The summed E-state index contributed by atoms with van der Waals surface area (Å²) in [6.45, 7) is 8.98. The Morgan fingerprint density at radius 3 is 1.88 bits per heavy atom. The molecule has 0 bridgehead atoms. The molecule has 21 heteroatoms. The highest BCUT2D eigenvalue weighted by atomic mass is 19.1. The van der Waals surface area contributed by atoms with E-state index in [9.17, 15) is 24.0 Å². The number of benzene rings is 3. The first-order valence-corrected chi connectivity index (χ1v) is 24.7. The number of ether oxygens (including phenoxy) is 4. The van der Waals surface area contributed by atoms with Crippen LogP contribution in [0.1, 0.15) is 83.0 Å². The van der Waals surface area contributed by atoms with Crippen LogP contribution in [0, 0.1) is 11.8 Å². The highest BCUT2D eigenvalue weighted by molar-refractivity contribution is 5.93. The van der Waals surface area contributed by atoms with Crippen molar-refractivity contribution in [1.82, 2.24) is 50.3 Å². The second-order valence-corrected chi connectivity index (χ2v) is 19.4. The van der Waals surface area contributed by atoms with Gasteiger partial charge in [0.15, 0.2) is 6.61 Å². The van der Waals surface area contributed by atoms with Crippen LogP contribution in [0.3, 0.4) is 0 Å². The predicted molar refractivity (Wildman–Crippen MR) is 268 cm³/mol. The third-order valence-corrected chi connectivity index (χ3v) is 13.8. The molecule has 5 N–H and O–H groups in total. The maximum Gasteiger partial charge on any atom is 0.407 e. The molecule has 0 saturated carbocycles. The number of fused-ring (bicyclic) bond motifs is 5. The Morgan fingerprint density at radius 2 is 1.32 bits per heavy atom. The monoisotopic (exact) mass is 1020 g/mol. The molecular weight excluding hydrogens is 959 g/mol. The van der Waals surface area contributed by atoms with Crippen LogP contribution in [0.4, 0.5) is 18.4 Å². The van der Waals surface area contributed by atoms with Crippen LogP contribution in [-0.4, -0.2) is 129 Å². The van der Waals surface area contributed by atoms with Gasteiger partial charge in [-0.05, 0) is 61.2 Å². The van der Waals surface area contributed by atoms with Gasteiger partial charge in [-0.15, -0.1) is 0 Å². The number of methoxy groups -OCH3 is 2. The molecule has 19 nitrogen and oxygen atoms in total. The van der Waals surface area contributed by atoms with E-state index in [1.165, 1.54) is 24.0 Å². The van der Waals surface area contributed by atoms with Gasteiger partial charge in [0, 0.05) is 47.0 Å². The minimum absolute atomic E-state index is 0.0206. The lowest BCUT2D eigenvalue weighted by atomic mass is 10.0. The number of alkyl carbamates (subject to hydrolysis) is 2. The summed E-state index contributed by atoms with van der Waals surface area (Å²) in [5, 5.41) is 8.80. The number of aromatic amines is 2. The van der Waals surface area contributed by atoms with E-state index in [0.717, 1.165) is 33.3 Å². The van der Waals surface area contributed by atoms with E-state index in [2.05, 4.69) is 46.5 Å². The SMILES string of the molecule is CCNC(=O)COc1cccc(C2Oc3cc(-c4cnc([C@@H]5C[C@@H](F)CN5C(=O)[C@H](NC(=O)OC)C(C)C)[nH]4)ccc3-c3cc4cc(-c5cnc([C@@H]6C[C@@H](F)CN6C(=O)[C@H](NC(=O)OC)C(C)C)[nH]5)ccc4n32)c1. The van der Waals surface area contributed by atoms with Gasteiger partial charge in [-0.25, -0.2) is 28.3 Å². The van der Waals surface area contributed by atoms with Crippen LogP contribution in [0.2, 0.25) is 0 Å². The summed E-state index contributed by atoms with van der Waals surface area (Å²) >= 11 is 0. The average molecular weight is 1020 g/mol. The molecule has 6 heterocycles. The van der Waals surface area contributed by atoms with Crippen molar-refractivity contribution >= 4 is 40.8 Å². The largest absolute Gasteiger partial charge is 0.484 e. The standard InChI is InChI=1S/C53H60F2N10O9/c1-8-56-44(66)26-73-35-11-9-10-31(17-35)51-65-39-15-13-29(37-22-57-47(59-37)41-20-33(54)24-63(41)49(67)45(27(2)3)61-52(69)71-6)16-32(39)18-40(65)36-14-12-30(19-43(36)74-51)38-23-58-48(60-38)42-21-34(55)25-64(42)50(68)46(28(4)5)62-53(70)72-7/h9-19,22-23,27-28,33-34,41-42,45-46,51H,8,20-21,24-26H2,1-7H3,(H,56,66)(H,57,59)(H,58,60)(H,61,69)(H,62,70)/t33-,34-,41+,42+,45-,46-,51?/m1/s1. The summed E-state index contributed by atoms with van der Waals surface area (Å²) in [4.78, 5) is 83.1. The summed E-state index contributed by atoms with van der Waals surface area (Å²) in [6.07, 6.45) is -1.49. The zero-order valence-electron chi connectivity index (χ0n) is 42.1. The summed E-state index contributed by atoms with van der Waals surface area (Å²) in [5.74, 6) is 0.0957. The van der Waals surface area contributed by atoms with Gasteiger partial charge in [0.05, 0.1) is 74.4 Å². The van der Waals surface area contributed by atoms with Crippen molar-refractivity contribution in [3.8, 4) is 45.3 Å². The van der Waals surface area contributed by atoms with Crippen molar-refractivity contribution in [2.75, 3.05) is 40.5 Å². The quantitative estimate of drug-likeness (QED) is 0.0676. The zero-order valence-corrected chi connectivity index (χ0v) is 42.1.